The molecular formula is C28H34. The van der Waals surface area contributed by atoms with Crippen LogP contribution in [0.1, 0.15) is 55.6 Å². The van der Waals surface area contributed by atoms with Crippen LogP contribution in [0.5, 0.6) is 0 Å². The van der Waals surface area contributed by atoms with Gasteiger partial charge >= 0.3 is 0 Å². The van der Waals surface area contributed by atoms with E-state index in [1.807, 2.05) is 0 Å². The molecule has 0 unspecified atom stereocenters. The highest BCUT2D eigenvalue weighted by molar-refractivity contribution is 5.39. The average molecular weight is 371 g/mol. The molecule has 3 aromatic carbocycles. The van der Waals surface area contributed by atoms with Crippen LogP contribution in [0.3, 0.4) is 0 Å². The normalized spacial score (nSPS) is 11.1. The molecule has 3 aromatic rings. The molecule has 0 N–H and O–H groups in total. The molecule has 0 bridgehead atoms. The van der Waals surface area contributed by atoms with Gasteiger partial charge in [0.2, 0.25) is 0 Å². The van der Waals surface area contributed by atoms with E-state index in [0.29, 0.717) is 0 Å². The number of hydrogen-bond acceptors (Lipinski definition) is 0. The van der Waals surface area contributed by atoms with Crippen molar-refractivity contribution in [1.29, 1.82) is 0 Å². The lowest BCUT2D eigenvalue weighted by Gasteiger charge is -2.13. The maximum atomic E-state index is 2.45. The second-order valence-corrected chi connectivity index (χ2v) is 8.53. The molecular weight excluding hydrogens is 336 g/mol. The van der Waals surface area contributed by atoms with Crippen molar-refractivity contribution in [2.75, 3.05) is 0 Å². The predicted molar refractivity (Wildman–Crippen MR) is 123 cm³/mol. The zero-order valence-corrected chi connectivity index (χ0v) is 18.4. The summed E-state index contributed by atoms with van der Waals surface area (Å²) in [5.41, 5.74) is 14.3. The van der Waals surface area contributed by atoms with Crippen LogP contribution in [0, 0.1) is 41.5 Å². The maximum Gasteiger partial charge on any atom is -0.0235 e. The van der Waals surface area contributed by atoms with E-state index in [0.717, 1.165) is 25.7 Å². The Bertz CT molecular complexity index is 976. The third kappa shape index (κ3) is 4.93. The van der Waals surface area contributed by atoms with Crippen molar-refractivity contribution in [3.8, 4) is 0 Å². The average Bonchev–Trinajstić information content (AvgIpc) is 2.66. The van der Waals surface area contributed by atoms with Gasteiger partial charge in [-0.2, -0.15) is 0 Å². The monoisotopic (exact) mass is 370 g/mol. The number of rotatable bonds is 6. The molecule has 0 nitrogen and oxygen atoms in total. The summed E-state index contributed by atoms with van der Waals surface area (Å²) in [5.74, 6) is 0. The van der Waals surface area contributed by atoms with Gasteiger partial charge in [-0.3, -0.25) is 0 Å². The smallest absolute Gasteiger partial charge is 0.0235 e. The van der Waals surface area contributed by atoms with Crippen molar-refractivity contribution >= 4 is 0 Å². The van der Waals surface area contributed by atoms with Crippen molar-refractivity contribution in [2.24, 2.45) is 0 Å². The van der Waals surface area contributed by atoms with Crippen LogP contribution in [0.4, 0.5) is 0 Å². The molecule has 0 aromatic heterocycles. The molecule has 28 heavy (non-hydrogen) atoms. The lowest BCUT2D eigenvalue weighted by atomic mass is 9.92. The van der Waals surface area contributed by atoms with Gasteiger partial charge in [-0.1, -0.05) is 48.5 Å². The quantitative estimate of drug-likeness (QED) is 0.434. The first kappa shape index (κ1) is 20.4. The summed E-state index contributed by atoms with van der Waals surface area (Å²) in [6, 6.07) is 18.6. The fraction of sp³-hybridized carbons (Fsp3) is 0.357. The Morgan fingerprint density at radius 1 is 0.429 bits per heavy atom. The summed E-state index contributed by atoms with van der Waals surface area (Å²) in [7, 11) is 0. The minimum atomic E-state index is 1.11. The minimum absolute atomic E-state index is 1.11. The summed E-state index contributed by atoms with van der Waals surface area (Å²) in [6.45, 7) is 13.3. The van der Waals surface area contributed by atoms with E-state index in [9.17, 15) is 0 Å². The molecule has 0 aliphatic carbocycles. The fourth-order valence-electron chi connectivity index (χ4n) is 3.90. The summed E-state index contributed by atoms with van der Waals surface area (Å²) in [4.78, 5) is 0. The lowest BCUT2D eigenvalue weighted by Crippen LogP contribution is -2.01. The van der Waals surface area contributed by atoms with Crippen LogP contribution in [-0.4, -0.2) is 0 Å². The first-order chi connectivity index (χ1) is 13.3. The van der Waals surface area contributed by atoms with Crippen LogP contribution in [0.15, 0.2) is 48.5 Å². The number of hydrogen-bond donors (Lipinski definition) is 0. The molecule has 0 heterocycles. The highest BCUT2D eigenvalue weighted by Gasteiger charge is 2.07. The molecule has 0 fully saturated rings. The SMILES string of the molecule is Cc1ccc(CCc2cc(C)c(C)c(CCc3ccc(C)c(C)c3)c2)cc1C. The van der Waals surface area contributed by atoms with E-state index in [2.05, 4.69) is 90.1 Å². The molecule has 0 saturated heterocycles. The highest BCUT2D eigenvalue weighted by Crippen LogP contribution is 2.21. The van der Waals surface area contributed by atoms with Gasteiger partial charge in [0.25, 0.3) is 0 Å². The molecule has 0 radical (unpaired) electrons. The summed E-state index contributed by atoms with van der Waals surface area (Å²) >= 11 is 0. The van der Waals surface area contributed by atoms with E-state index < -0.39 is 0 Å². The molecule has 3 rings (SSSR count). The minimum Gasteiger partial charge on any atom is -0.0588 e. The topological polar surface area (TPSA) is 0 Å². The molecule has 0 spiro atoms. The molecule has 0 amide bonds. The predicted octanol–water partition coefficient (Wildman–Crippen LogP) is 7.11. The standard InChI is InChI=1S/C28H34/c1-19-7-9-25(15-21(19)3)11-12-27-17-23(5)24(6)28(18-27)14-13-26-10-8-20(2)22(4)16-26/h7-10,15-18H,11-14H2,1-6H3. The number of benzene rings is 3. The second kappa shape index (κ2) is 8.78. The first-order valence-electron chi connectivity index (χ1n) is 10.5. The molecule has 0 heteroatoms. The van der Waals surface area contributed by atoms with Crippen LogP contribution in [0.2, 0.25) is 0 Å². The Morgan fingerprint density at radius 2 is 0.893 bits per heavy atom. The largest absolute Gasteiger partial charge is 0.0588 e. The van der Waals surface area contributed by atoms with E-state index in [-0.39, 0.29) is 0 Å². The Morgan fingerprint density at radius 3 is 1.43 bits per heavy atom. The highest BCUT2D eigenvalue weighted by atomic mass is 14.1. The van der Waals surface area contributed by atoms with Gasteiger partial charge in [-0.05, 0) is 123 Å². The van der Waals surface area contributed by atoms with Crippen molar-refractivity contribution in [1.82, 2.24) is 0 Å². The van der Waals surface area contributed by atoms with E-state index >= 15 is 0 Å². The lowest BCUT2D eigenvalue weighted by molar-refractivity contribution is 0.914. The Kier molecular flexibility index (Phi) is 6.39. The van der Waals surface area contributed by atoms with Crippen LogP contribution in [-0.2, 0) is 25.7 Å². The van der Waals surface area contributed by atoms with E-state index in [4.69, 9.17) is 0 Å². The third-order valence-electron chi connectivity index (χ3n) is 6.36. The fourth-order valence-corrected chi connectivity index (χ4v) is 3.90. The molecule has 0 atom stereocenters. The van der Waals surface area contributed by atoms with Crippen LogP contribution >= 0.6 is 0 Å². The molecule has 146 valence electrons. The van der Waals surface area contributed by atoms with Gasteiger partial charge in [0.1, 0.15) is 0 Å². The maximum absolute atomic E-state index is 2.45. The summed E-state index contributed by atoms with van der Waals surface area (Å²) < 4.78 is 0. The van der Waals surface area contributed by atoms with Crippen molar-refractivity contribution in [3.63, 3.8) is 0 Å². The summed E-state index contributed by atoms with van der Waals surface area (Å²) in [6.07, 6.45) is 4.45. The Labute approximate surface area is 171 Å². The Balaban J connectivity index is 1.72. The van der Waals surface area contributed by atoms with Gasteiger partial charge in [-0.15, -0.1) is 0 Å². The first-order valence-corrected chi connectivity index (χ1v) is 10.5. The van der Waals surface area contributed by atoms with Crippen molar-refractivity contribution < 1.29 is 0 Å². The number of aryl methyl sites for hydroxylation is 9. The van der Waals surface area contributed by atoms with E-state index in [1.165, 1.54) is 55.6 Å². The van der Waals surface area contributed by atoms with Crippen molar-refractivity contribution in [3.05, 3.63) is 104 Å². The van der Waals surface area contributed by atoms with Gasteiger partial charge in [-0.25, -0.2) is 0 Å². The molecule has 0 aliphatic rings. The molecule has 0 saturated carbocycles. The summed E-state index contributed by atoms with van der Waals surface area (Å²) in [5, 5.41) is 0. The van der Waals surface area contributed by atoms with Crippen molar-refractivity contribution in [2.45, 2.75) is 67.2 Å². The van der Waals surface area contributed by atoms with E-state index in [1.54, 1.807) is 0 Å². The van der Waals surface area contributed by atoms with Gasteiger partial charge in [0.15, 0.2) is 0 Å². The van der Waals surface area contributed by atoms with Gasteiger partial charge < -0.3 is 0 Å². The third-order valence-corrected chi connectivity index (χ3v) is 6.36. The van der Waals surface area contributed by atoms with Crippen LogP contribution < -0.4 is 0 Å². The Hall–Kier alpha value is -2.34. The molecule has 0 aliphatic heterocycles. The zero-order valence-electron chi connectivity index (χ0n) is 18.4. The second-order valence-electron chi connectivity index (χ2n) is 8.53. The zero-order chi connectivity index (χ0) is 20.3. The van der Waals surface area contributed by atoms with Gasteiger partial charge in [0, 0.05) is 0 Å². The van der Waals surface area contributed by atoms with Gasteiger partial charge in [0.05, 0.1) is 0 Å². The van der Waals surface area contributed by atoms with Crippen LogP contribution in [0.25, 0.3) is 0 Å².